The normalized spacial score (nSPS) is 16.3. The second-order valence-corrected chi connectivity index (χ2v) is 4.55. The van der Waals surface area contributed by atoms with Crippen LogP contribution >= 0.6 is 0 Å². The highest BCUT2D eigenvalue weighted by Crippen LogP contribution is 2.35. The number of nitrogens with zero attached hydrogens (tertiary/aromatic N) is 1. The number of hydrogen-bond acceptors (Lipinski definition) is 4. The molecule has 3 N–H and O–H groups in total. The number of benzene rings is 1. The van der Waals surface area contributed by atoms with Crippen LogP contribution in [0.15, 0.2) is 18.2 Å². The smallest absolute Gasteiger partial charge is 0.282 e. The Kier molecular flexibility index (Phi) is 2.49. The molecule has 6 nitrogen and oxygen atoms in total. The number of nitro benzene ring substituents is 1. The van der Waals surface area contributed by atoms with Gasteiger partial charge in [0.25, 0.3) is 11.6 Å². The molecule has 1 aromatic rings. The van der Waals surface area contributed by atoms with Gasteiger partial charge in [0.1, 0.15) is 5.56 Å². The molecule has 1 saturated carbocycles. The van der Waals surface area contributed by atoms with Crippen molar-refractivity contribution in [2.75, 3.05) is 5.73 Å². The third-order valence-electron chi connectivity index (χ3n) is 2.88. The molecule has 2 rings (SSSR count). The predicted octanol–water partition coefficient (Wildman–Crippen LogP) is 1.46. The number of amides is 1. The van der Waals surface area contributed by atoms with Gasteiger partial charge in [0, 0.05) is 17.3 Å². The van der Waals surface area contributed by atoms with Crippen LogP contribution in [0.2, 0.25) is 0 Å². The summed E-state index contributed by atoms with van der Waals surface area (Å²) in [6.45, 7) is 1.91. The van der Waals surface area contributed by atoms with Crippen molar-refractivity contribution in [2.45, 2.75) is 25.3 Å². The zero-order valence-corrected chi connectivity index (χ0v) is 9.40. The van der Waals surface area contributed by atoms with Gasteiger partial charge >= 0.3 is 0 Å². The molecule has 1 amide bonds. The number of carbonyl (C=O) groups excluding carboxylic acids is 1. The van der Waals surface area contributed by atoms with Crippen molar-refractivity contribution in [1.82, 2.24) is 5.32 Å². The van der Waals surface area contributed by atoms with Gasteiger partial charge in [-0.2, -0.15) is 0 Å². The molecule has 1 aliphatic carbocycles. The molecule has 0 atom stereocenters. The summed E-state index contributed by atoms with van der Waals surface area (Å²) in [4.78, 5) is 22.1. The van der Waals surface area contributed by atoms with Crippen molar-refractivity contribution in [2.24, 2.45) is 0 Å². The van der Waals surface area contributed by atoms with Crippen LogP contribution in [0, 0.1) is 10.1 Å². The van der Waals surface area contributed by atoms with Crippen molar-refractivity contribution < 1.29 is 9.72 Å². The molecule has 0 spiro atoms. The number of rotatable bonds is 3. The van der Waals surface area contributed by atoms with Crippen LogP contribution in [-0.4, -0.2) is 16.4 Å². The molecule has 17 heavy (non-hydrogen) atoms. The summed E-state index contributed by atoms with van der Waals surface area (Å²) in [5.41, 5.74) is 5.46. The number of anilines is 1. The summed E-state index contributed by atoms with van der Waals surface area (Å²) >= 11 is 0. The first-order chi connectivity index (χ1) is 7.91. The molecule has 0 saturated heterocycles. The average Bonchev–Trinajstić information content (AvgIpc) is 2.95. The quantitative estimate of drug-likeness (QED) is 0.470. The van der Waals surface area contributed by atoms with Gasteiger partial charge < -0.3 is 11.1 Å². The van der Waals surface area contributed by atoms with E-state index in [2.05, 4.69) is 5.32 Å². The number of nitrogen functional groups attached to an aromatic ring is 1. The van der Waals surface area contributed by atoms with Gasteiger partial charge in [-0.15, -0.1) is 0 Å². The van der Waals surface area contributed by atoms with Gasteiger partial charge in [-0.3, -0.25) is 14.9 Å². The van der Waals surface area contributed by atoms with E-state index in [-0.39, 0.29) is 16.8 Å². The Morgan fingerprint density at radius 3 is 2.71 bits per heavy atom. The largest absolute Gasteiger partial charge is 0.399 e. The molecule has 0 aliphatic heterocycles. The molecule has 1 aromatic carbocycles. The fourth-order valence-electron chi connectivity index (χ4n) is 1.55. The fourth-order valence-corrected chi connectivity index (χ4v) is 1.55. The second kappa shape index (κ2) is 3.73. The molecular formula is C11H13N3O3. The Morgan fingerprint density at radius 1 is 1.53 bits per heavy atom. The maximum Gasteiger partial charge on any atom is 0.282 e. The Balaban J connectivity index is 2.32. The summed E-state index contributed by atoms with van der Waals surface area (Å²) in [6, 6.07) is 3.99. The zero-order chi connectivity index (χ0) is 12.6. The van der Waals surface area contributed by atoms with E-state index in [1.54, 1.807) is 0 Å². The molecule has 0 bridgehead atoms. The lowest BCUT2D eigenvalue weighted by Crippen LogP contribution is -2.34. The maximum absolute atomic E-state index is 11.9. The standard InChI is InChI=1S/C11H13N3O3/c1-11(4-5-11)13-10(15)8-6-7(12)2-3-9(8)14(16)17/h2-3,6H,4-5,12H2,1H3,(H,13,15). The van der Waals surface area contributed by atoms with Gasteiger partial charge in [0.2, 0.25) is 0 Å². The monoisotopic (exact) mass is 235 g/mol. The van der Waals surface area contributed by atoms with Crippen molar-refractivity contribution in [3.63, 3.8) is 0 Å². The summed E-state index contributed by atoms with van der Waals surface area (Å²) in [7, 11) is 0. The van der Waals surface area contributed by atoms with E-state index in [4.69, 9.17) is 5.73 Å². The lowest BCUT2D eigenvalue weighted by Gasteiger charge is -2.11. The van der Waals surface area contributed by atoms with E-state index in [0.29, 0.717) is 5.69 Å². The summed E-state index contributed by atoms with van der Waals surface area (Å²) < 4.78 is 0. The minimum absolute atomic E-state index is 0.0168. The lowest BCUT2D eigenvalue weighted by atomic mass is 10.1. The molecule has 1 aliphatic rings. The topological polar surface area (TPSA) is 98.3 Å². The third-order valence-corrected chi connectivity index (χ3v) is 2.88. The predicted molar refractivity (Wildman–Crippen MR) is 62.6 cm³/mol. The van der Waals surface area contributed by atoms with Crippen molar-refractivity contribution in [3.8, 4) is 0 Å². The van der Waals surface area contributed by atoms with Crippen molar-refractivity contribution in [1.29, 1.82) is 0 Å². The molecular weight excluding hydrogens is 222 g/mol. The first-order valence-corrected chi connectivity index (χ1v) is 5.28. The molecule has 0 radical (unpaired) electrons. The second-order valence-electron chi connectivity index (χ2n) is 4.55. The Hall–Kier alpha value is -2.11. The highest BCUT2D eigenvalue weighted by atomic mass is 16.6. The highest BCUT2D eigenvalue weighted by Gasteiger charge is 2.39. The first kappa shape index (κ1) is 11.4. The van der Waals surface area contributed by atoms with Crippen LogP contribution in [-0.2, 0) is 0 Å². The van der Waals surface area contributed by atoms with Gasteiger partial charge in [-0.1, -0.05) is 0 Å². The van der Waals surface area contributed by atoms with Gasteiger partial charge in [-0.05, 0) is 31.9 Å². The number of hydrogen-bond donors (Lipinski definition) is 2. The molecule has 0 aromatic heterocycles. The molecule has 90 valence electrons. The highest BCUT2D eigenvalue weighted by molar-refractivity contribution is 5.99. The Bertz CT molecular complexity index is 495. The Morgan fingerprint density at radius 2 is 2.18 bits per heavy atom. The minimum atomic E-state index is -0.580. The zero-order valence-electron chi connectivity index (χ0n) is 9.40. The van der Waals surface area contributed by atoms with E-state index in [0.717, 1.165) is 12.8 Å². The van der Waals surface area contributed by atoms with Crippen LogP contribution in [0.5, 0.6) is 0 Å². The molecule has 0 heterocycles. The fraction of sp³-hybridized carbons (Fsp3) is 0.364. The van der Waals surface area contributed by atoms with E-state index in [1.807, 2.05) is 6.92 Å². The lowest BCUT2D eigenvalue weighted by molar-refractivity contribution is -0.385. The Labute approximate surface area is 98.0 Å². The molecule has 6 heteroatoms. The van der Waals surface area contributed by atoms with E-state index >= 15 is 0 Å². The SMILES string of the molecule is CC1(NC(=O)c2cc(N)ccc2[N+](=O)[O-])CC1. The van der Waals surface area contributed by atoms with E-state index in [9.17, 15) is 14.9 Å². The third kappa shape index (κ3) is 2.35. The summed E-state index contributed by atoms with van der Waals surface area (Å²) in [5.74, 6) is -0.441. The number of nitro groups is 1. The molecule has 0 unspecified atom stereocenters. The minimum Gasteiger partial charge on any atom is -0.399 e. The average molecular weight is 235 g/mol. The summed E-state index contributed by atoms with van der Waals surface area (Å²) in [5, 5.41) is 13.6. The van der Waals surface area contributed by atoms with Gasteiger partial charge in [-0.25, -0.2) is 0 Å². The number of nitrogens with two attached hydrogens (primary N) is 1. The van der Waals surface area contributed by atoms with Crippen LogP contribution in [0.25, 0.3) is 0 Å². The van der Waals surface area contributed by atoms with Crippen LogP contribution in [0.4, 0.5) is 11.4 Å². The van der Waals surface area contributed by atoms with Gasteiger partial charge in [0.15, 0.2) is 0 Å². The maximum atomic E-state index is 11.9. The number of carbonyl (C=O) groups is 1. The van der Waals surface area contributed by atoms with E-state index in [1.165, 1.54) is 18.2 Å². The molecule has 1 fully saturated rings. The van der Waals surface area contributed by atoms with Crippen molar-refractivity contribution in [3.05, 3.63) is 33.9 Å². The van der Waals surface area contributed by atoms with Crippen molar-refractivity contribution >= 4 is 17.3 Å². The van der Waals surface area contributed by atoms with Crippen LogP contribution in [0.1, 0.15) is 30.1 Å². The first-order valence-electron chi connectivity index (χ1n) is 5.28. The number of nitrogens with one attached hydrogen (secondary N) is 1. The van der Waals surface area contributed by atoms with Crippen LogP contribution in [0.3, 0.4) is 0 Å². The van der Waals surface area contributed by atoms with E-state index < -0.39 is 10.8 Å². The van der Waals surface area contributed by atoms with Crippen LogP contribution < -0.4 is 11.1 Å². The van der Waals surface area contributed by atoms with Gasteiger partial charge in [0.05, 0.1) is 4.92 Å². The summed E-state index contributed by atoms with van der Waals surface area (Å²) in [6.07, 6.45) is 1.80.